The number of hydrogen-bond acceptors (Lipinski definition) is 2. The first-order valence-electron chi connectivity index (χ1n) is 26.1. The van der Waals surface area contributed by atoms with Crippen LogP contribution in [0, 0.1) is 0 Å². The van der Waals surface area contributed by atoms with Gasteiger partial charge in [-0.2, -0.15) is 0 Å². The van der Waals surface area contributed by atoms with Gasteiger partial charge in [-0.3, -0.25) is 0 Å². The van der Waals surface area contributed by atoms with Gasteiger partial charge in [-0.05, 0) is 81.3 Å². The molecule has 0 saturated carbocycles. The third-order valence-corrected chi connectivity index (χ3v) is 16.2. The van der Waals surface area contributed by atoms with Gasteiger partial charge in [0, 0.05) is 65.2 Å². The van der Waals surface area contributed by atoms with Crippen molar-refractivity contribution in [3.05, 3.63) is 230 Å². The Bertz CT molecular complexity index is 4420. The number of benzene rings is 11. The molecule has 0 unspecified atom stereocenters. The topological polar surface area (TPSA) is 15.3 Å². The first kappa shape index (κ1) is 42.8. The Labute approximate surface area is 430 Å². The van der Waals surface area contributed by atoms with Crippen LogP contribution in [0.15, 0.2) is 218 Å². The highest BCUT2D eigenvalue weighted by Crippen LogP contribution is 2.59. The molecule has 15 rings (SSSR count). The maximum Gasteiger partial charge on any atom is 0.0812 e. The van der Waals surface area contributed by atoms with E-state index in [9.17, 15) is 0 Å². The number of nitrogens with zero attached hydrogens (tertiary/aromatic N) is 4. The van der Waals surface area contributed by atoms with Crippen LogP contribution in [0.4, 0.5) is 34.1 Å². The molecule has 4 nitrogen and oxygen atoms in total. The van der Waals surface area contributed by atoms with Crippen LogP contribution in [0.25, 0.3) is 97.7 Å². The van der Waals surface area contributed by atoms with Gasteiger partial charge in [-0.1, -0.05) is 211 Å². The van der Waals surface area contributed by atoms with E-state index in [1.807, 2.05) is 0 Å². The molecule has 0 fully saturated rings. The van der Waals surface area contributed by atoms with Gasteiger partial charge in [0.05, 0.1) is 55.8 Å². The Morgan fingerprint density at radius 1 is 0.284 bits per heavy atom. The third kappa shape index (κ3) is 5.91. The standard InChI is InChI=1S/C70H54N4/c1-69(2,3)45-35-39-47(40-36-45)71(57-33-15-21-43-19-7-9-23-49(43)57)65-61-55-29-17-27-53-52-26-12-14-32-60(52)74(63(53)55)68(61)66(62-56-30-18-28-54-51-25-11-13-31-59(51)73(64(54)56)67(62)65)72(48-41-37-46(38-42-48)70(4,5)6)58-34-16-22-44-20-8-10-24-50(44)58/h7-42H,1-6H3. The van der Waals surface area contributed by atoms with Gasteiger partial charge < -0.3 is 18.6 Å². The average molecular weight is 951 g/mol. The lowest BCUT2D eigenvalue weighted by molar-refractivity contribution is 0.590. The summed E-state index contributed by atoms with van der Waals surface area (Å²) >= 11 is 0. The van der Waals surface area contributed by atoms with Crippen LogP contribution in [0.2, 0.25) is 0 Å². The minimum atomic E-state index is -0.0271. The molecule has 11 aromatic carbocycles. The molecule has 354 valence electrons. The van der Waals surface area contributed by atoms with E-state index in [1.54, 1.807) is 0 Å². The molecule has 74 heavy (non-hydrogen) atoms. The van der Waals surface area contributed by atoms with Crippen LogP contribution in [0.1, 0.15) is 52.7 Å². The second-order valence-corrected chi connectivity index (χ2v) is 22.5. The molecule has 0 radical (unpaired) electrons. The van der Waals surface area contributed by atoms with Crippen molar-refractivity contribution in [1.82, 2.24) is 8.80 Å². The average Bonchev–Trinajstić information content (AvgIpc) is 4.20. The molecular weight excluding hydrogens is 897 g/mol. The monoisotopic (exact) mass is 950 g/mol. The van der Waals surface area contributed by atoms with Crippen molar-refractivity contribution in [3.8, 4) is 0 Å². The van der Waals surface area contributed by atoms with Crippen molar-refractivity contribution in [2.45, 2.75) is 52.4 Å². The summed E-state index contributed by atoms with van der Waals surface area (Å²) in [5.41, 5.74) is 16.5. The van der Waals surface area contributed by atoms with Crippen molar-refractivity contribution in [2.24, 2.45) is 0 Å². The fourth-order valence-electron chi connectivity index (χ4n) is 12.8. The van der Waals surface area contributed by atoms with Gasteiger partial charge in [0.15, 0.2) is 0 Å². The molecule has 0 atom stereocenters. The number of anilines is 6. The van der Waals surface area contributed by atoms with Crippen LogP contribution in [-0.4, -0.2) is 8.80 Å². The van der Waals surface area contributed by atoms with E-state index in [4.69, 9.17) is 0 Å². The lowest BCUT2D eigenvalue weighted by Crippen LogP contribution is -2.16. The molecule has 15 aromatic rings. The van der Waals surface area contributed by atoms with E-state index < -0.39 is 0 Å². The predicted molar refractivity (Wildman–Crippen MR) is 318 cm³/mol. The van der Waals surface area contributed by atoms with Gasteiger partial charge in [0.25, 0.3) is 0 Å². The quantitative estimate of drug-likeness (QED) is 0.154. The predicted octanol–water partition coefficient (Wildman–Crippen LogP) is 19.8. The summed E-state index contributed by atoms with van der Waals surface area (Å²) < 4.78 is 5.26. The first-order valence-corrected chi connectivity index (χ1v) is 26.1. The third-order valence-electron chi connectivity index (χ3n) is 16.2. The maximum absolute atomic E-state index is 2.63. The molecule has 0 aliphatic carbocycles. The van der Waals surface area contributed by atoms with Gasteiger partial charge in [0.1, 0.15) is 0 Å². The fraction of sp³-hybridized carbons (Fsp3) is 0.114. The maximum atomic E-state index is 2.63. The largest absolute Gasteiger partial charge is 0.307 e. The Morgan fingerprint density at radius 2 is 0.608 bits per heavy atom. The normalized spacial score (nSPS) is 12.7. The lowest BCUT2D eigenvalue weighted by Gasteiger charge is -2.33. The number of aromatic nitrogens is 2. The Kier molecular flexibility index (Phi) is 8.87. The van der Waals surface area contributed by atoms with E-state index in [1.165, 1.54) is 109 Å². The number of hydrogen-bond donors (Lipinski definition) is 0. The number of rotatable bonds is 6. The summed E-state index contributed by atoms with van der Waals surface area (Å²) in [5.74, 6) is 0. The van der Waals surface area contributed by atoms with Crippen LogP contribution < -0.4 is 9.80 Å². The summed E-state index contributed by atoms with van der Waals surface area (Å²) in [6, 6.07) is 82.4. The SMILES string of the molecule is CC(C)(C)c1ccc(N(c2cccc3ccccc23)c2c3c4cccc5c6ccccc6n(c3c(N(c3ccc(C(C)(C)C)cc3)c3cccc6ccccc36)c3c6cccc7c8ccccc8n(c23)c76)c54)cc1. The van der Waals surface area contributed by atoms with Gasteiger partial charge in [-0.25, -0.2) is 0 Å². The Morgan fingerprint density at radius 3 is 1.01 bits per heavy atom. The summed E-state index contributed by atoms with van der Waals surface area (Å²) in [6.07, 6.45) is 0. The summed E-state index contributed by atoms with van der Waals surface area (Å²) in [5, 5.41) is 14.6. The second kappa shape index (κ2) is 15.3. The van der Waals surface area contributed by atoms with Crippen molar-refractivity contribution in [1.29, 1.82) is 0 Å². The molecule has 0 spiro atoms. The highest BCUT2D eigenvalue weighted by molar-refractivity contribution is 6.39. The lowest BCUT2D eigenvalue weighted by atomic mass is 9.87. The van der Waals surface area contributed by atoms with Crippen molar-refractivity contribution in [2.75, 3.05) is 9.80 Å². The van der Waals surface area contributed by atoms with Crippen molar-refractivity contribution >= 4 is 132 Å². The molecular formula is C70H54N4. The van der Waals surface area contributed by atoms with E-state index in [0.717, 1.165) is 34.1 Å². The van der Waals surface area contributed by atoms with Crippen molar-refractivity contribution < 1.29 is 0 Å². The van der Waals surface area contributed by atoms with Crippen LogP contribution in [0.5, 0.6) is 0 Å². The molecule has 0 saturated heterocycles. The molecule has 4 aromatic heterocycles. The highest BCUT2D eigenvalue weighted by Gasteiger charge is 2.36. The zero-order valence-corrected chi connectivity index (χ0v) is 42.6. The molecule has 4 heteroatoms. The summed E-state index contributed by atoms with van der Waals surface area (Å²) in [7, 11) is 0. The van der Waals surface area contributed by atoms with Crippen LogP contribution >= 0.6 is 0 Å². The fourth-order valence-corrected chi connectivity index (χ4v) is 12.8. The van der Waals surface area contributed by atoms with E-state index in [2.05, 4.69) is 279 Å². The first-order chi connectivity index (χ1) is 36.0. The van der Waals surface area contributed by atoms with E-state index >= 15 is 0 Å². The Hall–Kier alpha value is -8.86. The summed E-state index contributed by atoms with van der Waals surface area (Å²) in [6.45, 7) is 13.8. The van der Waals surface area contributed by atoms with Gasteiger partial charge in [0.2, 0.25) is 0 Å². The minimum Gasteiger partial charge on any atom is -0.307 e. The van der Waals surface area contributed by atoms with Crippen LogP contribution in [0.3, 0.4) is 0 Å². The zero-order valence-electron chi connectivity index (χ0n) is 42.6. The minimum absolute atomic E-state index is 0.0271. The molecule has 0 N–H and O–H groups in total. The highest BCUT2D eigenvalue weighted by atomic mass is 15.2. The van der Waals surface area contributed by atoms with Crippen LogP contribution in [-0.2, 0) is 10.8 Å². The Balaban J connectivity index is 1.26. The van der Waals surface area contributed by atoms with Gasteiger partial charge in [-0.15, -0.1) is 0 Å². The number of fused-ring (bicyclic) bond motifs is 14. The molecule has 4 heterocycles. The van der Waals surface area contributed by atoms with Crippen molar-refractivity contribution in [3.63, 3.8) is 0 Å². The smallest absolute Gasteiger partial charge is 0.0812 e. The zero-order chi connectivity index (χ0) is 49.8. The molecule has 0 aliphatic heterocycles. The molecule has 0 bridgehead atoms. The van der Waals surface area contributed by atoms with Gasteiger partial charge >= 0.3 is 0 Å². The molecule has 0 aliphatic rings. The number of para-hydroxylation sites is 4. The molecule has 0 amide bonds. The summed E-state index contributed by atoms with van der Waals surface area (Å²) in [4.78, 5) is 5.24. The van der Waals surface area contributed by atoms with E-state index in [-0.39, 0.29) is 10.8 Å². The van der Waals surface area contributed by atoms with E-state index in [0.29, 0.717) is 0 Å². The second-order valence-electron chi connectivity index (χ2n) is 22.5.